The summed E-state index contributed by atoms with van der Waals surface area (Å²) in [4.78, 5) is 0. The Balaban J connectivity index is 0.000000640. The van der Waals surface area contributed by atoms with Gasteiger partial charge in [0, 0.05) is 19.5 Å². The molecule has 2 N–H and O–H groups in total. The van der Waals surface area contributed by atoms with Gasteiger partial charge in [-0.05, 0) is 0 Å². The Kier molecular flexibility index (Phi) is 4.10. The van der Waals surface area contributed by atoms with Gasteiger partial charge in [0.25, 0.3) is 0 Å². The van der Waals surface area contributed by atoms with Crippen LogP contribution in [0.5, 0.6) is 0 Å². The van der Waals surface area contributed by atoms with Crippen molar-refractivity contribution in [2.75, 3.05) is 13.1 Å². The smallest absolute Gasteiger partial charge is 0.115 e. The average Bonchev–Trinajstić information content (AvgIpc) is 1.64. The molecule has 1 fully saturated rings. The molecule has 1 aliphatic rings. The van der Waals surface area contributed by atoms with Crippen LogP contribution in [0.25, 0.3) is 0 Å². The number of rotatable bonds is 0. The number of hydrogen-bond acceptors (Lipinski definition) is 2. The van der Waals surface area contributed by atoms with Gasteiger partial charge >= 0.3 is 0 Å². The molecule has 1 heterocycles. The highest BCUT2D eigenvalue weighted by Gasteiger charge is 2.17. The van der Waals surface area contributed by atoms with Gasteiger partial charge in [-0.25, -0.2) is 4.39 Å². The van der Waals surface area contributed by atoms with Gasteiger partial charge in [-0.3, -0.25) is 0 Å². The largest absolute Gasteiger partial charge is 0.392 e. The van der Waals surface area contributed by atoms with E-state index in [1.165, 1.54) is 0 Å². The third kappa shape index (κ3) is 2.98. The summed E-state index contributed by atoms with van der Waals surface area (Å²) in [6.45, 7) is 0.942. The van der Waals surface area contributed by atoms with E-state index < -0.39 is 12.3 Å². The Bertz CT molecular complexity index is 75.4. The first kappa shape index (κ1) is 9.14. The Morgan fingerprint density at radius 1 is 1.44 bits per heavy atom. The van der Waals surface area contributed by atoms with Crippen molar-refractivity contribution in [2.45, 2.75) is 18.7 Å². The van der Waals surface area contributed by atoms with Gasteiger partial charge in [-0.2, -0.15) is 0 Å². The second kappa shape index (κ2) is 4.04. The third-order valence-corrected chi connectivity index (χ3v) is 1.27. The fourth-order valence-corrected chi connectivity index (χ4v) is 0.868. The zero-order valence-corrected chi connectivity index (χ0v) is 5.83. The molecule has 4 heteroatoms. The van der Waals surface area contributed by atoms with Crippen LogP contribution in [0, 0.1) is 0 Å². The van der Waals surface area contributed by atoms with Crippen LogP contribution in [0.1, 0.15) is 6.42 Å². The maximum absolute atomic E-state index is 12.2. The lowest BCUT2D eigenvalue weighted by atomic mass is 10.1. The van der Waals surface area contributed by atoms with Crippen molar-refractivity contribution in [3.8, 4) is 0 Å². The van der Waals surface area contributed by atoms with Crippen molar-refractivity contribution in [3.05, 3.63) is 0 Å². The molecule has 1 rings (SSSR count). The molecular weight excluding hydrogens is 145 g/mol. The van der Waals surface area contributed by atoms with E-state index in [0.717, 1.165) is 0 Å². The van der Waals surface area contributed by atoms with Crippen LogP contribution in [-0.2, 0) is 0 Å². The van der Waals surface area contributed by atoms with Crippen molar-refractivity contribution in [1.29, 1.82) is 0 Å². The molecule has 0 spiro atoms. The number of piperidine rings is 1. The molecule has 1 aliphatic heterocycles. The monoisotopic (exact) mass is 155 g/mol. The van der Waals surface area contributed by atoms with E-state index in [2.05, 4.69) is 5.32 Å². The Morgan fingerprint density at radius 2 is 2.11 bits per heavy atom. The lowest BCUT2D eigenvalue weighted by Gasteiger charge is -2.20. The highest BCUT2D eigenvalue weighted by molar-refractivity contribution is 5.85. The molecule has 0 aliphatic carbocycles. The summed E-state index contributed by atoms with van der Waals surface area (Å²) in [5.41, 5.74) is 0. The molecule has 2 atom stereocenters. The quantitative estimate of drug-likeness (QED) is 0.520. The minimum Gasteiger partial charge on any atom is -0.392 e. The average molecular weight is 156 g/mol. The number of β-amino-alcohol motifs (C(OH)–C–C–N with tert-alkyl or cyclic N) is 1. The summed E-state index contributed by atoms with van der Waals surface area (Å²) < 4.78 is 12.2. The van der Waals surface area contributed by atoms with Crippen molar-refractivity contribution < 1.29 is 9.50 Å². The topological polar surface area (TPSA) is 32.3 Å². The normalized spacial score (nSPS) is 35.3. The molecule has 0 aromatic heterocycles. The lowest BCUT2D eigenvalue weighted by Crippen LogP contribution is -2.40. The summed E-state index contributed by atoms with van der Waals surface area (Å²) in [5, 5.41) is 11.5. The van der Waals surface area contributed by atoms with E-state index in [0.29, 0.717) is 19.5 Å². The molecule has 1 saturated heterocycles. The van der Waals surface area contributed by atoms with Gasteiger partial charge in [0.05, 0.1) is 6.10 Å². The zero-order valence-electron chi connectivity index (χ0n) is 5.01. The standard InChI is InChI=1S/C5H10FNO.ClH/c6-4-1-5(8)3-7-2-4;/h4-5,7-8H,1-3H2;1H. The molecule has 0 radical (unpaired) electrons. The van der Waals surface area contributed by atoms with Crippen LogP contribution in [0.15, 0.2) is 0 Å². The summed E-state index contributed by atoms with van der Waals surface area (Å²) in [6, 6.07) is 0. The van der Waals surface area contributed by atoms with Crippen molar-refractivity contribution in [1.82, 2.24) is 5.32 Å². The van der Waals surface area contributed by atoms with E-state index in [1.54, 1.807) is 0 Å². The maximum atomic E-state index is 12.2. The van der Waals surface area contributed by atoms with Gasteiger partial charge in [-0.1, -0.05) is 0 Å². The third-order valence-electron chi connectivity index (χ3n) is 1.27. The minimum absolute atomic E-state index is 0. The number of hydrogen-bond donors (Lipinski definition) is 2. The van der Waals surface area contributed by atoms with Gasteiger partial charge in [-0.15, -0.1) is 12.4 Å². The number of alkyl halides is 1. The maximum Gasteiger partial charge on any atom is 0.115 e. The van der Waals surface area contributed by atoms with Gasteiger partial charge < -0.3 is 10.4 Å². The van der Waals surface area contributed by atoms with Crippen LogP contribution in [-0.4, -0.2) is 30.5 Å². The lowest BCUT2D eigenvalue weighted by molar-refractivity contribution is 0.0967. The zero-order chi connectivity index (χ0) is 5.98. The highest BCUT2D eigenvalue weighted by Crippen LogP contribution is 2.04. The fraction of sp³-hybridized carbons (Fsp3) is 1.00. The van der Waals surface area contributed by atoms with Gasteiger partial charge in [0.2, 0.25) is 0 Å². The van der Waals surface area contributed by atoms with E-state index >= 15 is 0 Å². The van der Waals surface area contributed by atoms with Crippen molar-refractivity contribution in [2.24, 2.45) is 0 Å². The van der Waals surface area contributed by atoms with E-state index in [-0.39, 0.29) is 12.4 Å². The molecule has 0 aromatic carbocycles. The second-order valence-corrected chi connectivity index (χ2v) is 2.15. The molecule has 0 amide bonds. The first-order valence-electron chi connectivity index (χ1n) is 2.82. The minimum atomic E-state index is -0.848. The van der Waals surface area contributed by atoms with Crippen LogP contribution in [0.4, 0.5) is 4.39 Å². The van der Waals surface area contributed by atoms with E-state index in [9.17, 15) is 4.39 Å². The number of halogens is 2. The van der Waals surface area contributed by atoms with E-state index in [4.69, 9.17) is 5.11 Å². The van der Waals surface area contributed by atoms with Crippen LogP contribution < -0.4 is 5.32 Å². The molecule has 2 unspecified atom stereocenters. The molecule has 2 nitrogen and oxygen atoms in total. The fourth-order valence-electron chi connectivity index (χ4n) is 0.868. The number of aliphatic hydroxyl groups is 1. The molecular formula is C5H11ClFNO. The Labute approximate surface area is 59.9 Å². The first-order chi connectivity index (χ1) is 3.79. The first-order valence-corrected chi connectivity index (χ1v) is 2.82. The molecule has 56 valence electrons. The van der Waals surface area contributed by atoms with Crippen molar-refractivity contribution in [3.63, 3.8) is 0 Å². The SMILES string of the molecule is Cl.OC1CNCC(F)C1. The predicted molar refractivity (Wildman–Crippen MR) is 35.6 cm³/mol. The van der Waals surface area contributed by atoms with Crippen LogP contribution in [0.3, 0.4) is 0 Å². The van der Waals surface area contributed by atoms with Gasteiger partial charge in [0.15, 0.2) is 0 Å². The summed E-state index contributed by atoms with van der Waals surface area (Å²) >= 11 is 0. The molecule has 0 aromatic rings. The molecule has 0 saturated carbocycles. The summed E-state index contributed by atoms with van der Waals surface area (Å²) in [6.07, 6.45) is -1.02. The van der Waals surface area contributed by atoms with Crippen molar-refractivity contribution >= 4 is 12.4 Å². The summed E-state index contributed by atoms with van der Waals surface area (Å²) in [5.74, 6) is 0. The van der Waals surface area contributed by atoms with Gasteiger partial charge in [0.1, 0.15) is 6.17 Å². The molecule has 9 heavy (non-hydrogen) atoms. The van der Waals surface area contributed by atoms with Crippen LogP contribution >= 0.6 is 12.4 Å². The molecule has 0 bridgehead atoms. The Morgan fingerprint density at radius 3 is 2.44 bits per heavy atom. The van der Waals surface area contributed by atoms with Crippen LogP contribution in [0.2, 0.25) is 0 Å². The summed E-state index contributed by atoms with van der Waals surface area (Å²) in [7, 11) is 0. The predicted octanol–water partition coefficient (Wildman–Crippen LogP) is 0.100. The number of nitrogens with one attached hydrogen (secondary N) is 1. The second-order valence-electron chi connectivity index (χ2n) is 2.15. The highest BCUT2D eigenvalue weighted by atomic mass is 35.5. The number of aliphatic hydroxyl groups excluding tert-OH is 1. The van der Waals surface area contributed by atoms with E-state index in [1.807, 2.05) is 0 Å². The Hall–Kier alpha value is 0.140.